The lowest BCUT2D eigenvalue weighted by Crippen LogP contribution is -2.33. The van der Waals surface area contributed by atoms with Crippen molar-refractivity contribution in [1.82, 2.24) is 44.0 Å². The van der Waals surface area contributed by atoms with Gasteiger partial charge in [-0.25, -0.2) is 18.4 Å². The number of benzene rings is 7. The number of rotatable bonds is 14. The number of hydrogen-bond acceptors (Lipinski definition) is 14. The molecule has 7 heterocycles. The van der Waals surface area contributed by atoms with Crippen LogP contribution >= 0.6 is 79.6 Å². The largest absolute Gasteiger partial charge is 0.508 e. The number of nitrogens with zero attached hydrogens (tertiary/aromatic N) is 9. The Labute approximate surface area is 671 Å². The Morgan fingerprint density at radius 3 is 1.49 bits per heavy atom. The highest BCUT2D eigenvalue weighted by Crippen LogP contribution is 2.39. The summed E-state index contributed by atoms with van der Waals surface area (Å²) in [5.41, 5.74) is 14.5. The molecule has 0 aliphatic carbocycles. The van der Waals surface area contributed by atoms with Crippen molar-refractivity contribution in [2.45, 2.75) is 130 Å². The summed E-state index contributed by atoms with van der Waals surface area (Å²) in [6, 6.07) is 42.7. The SMILES string of the molecule is CN1Cc2nn(Cc3cc(O)cc(C4=CCCOC4)c3)c(-c3ccccc3F)c2C1.COc1cc(Br)cc(CBr)c1.COc1cc(Br)cc(Cn2cc3c(n2)CN(C(=O)OC(C)(C)C)C3)c1.COc1cc(Br)cc(Cn2nc3c(c2-c2ccccc2F)CN(C(=O)OC(C)(C)C)C3)c1.COc1cc(C)cc(Br)c1. The molecule has 26 heteroatoms. The van der Waals surface area contributed by atoms with Gasteiger partial charge in [-0.1, -0.05) is 110 Å². The van der Waals surface area contributed by atoms with Gasteiger partial charge in [-0.15, -0.1) is 0 Å². The van der Waals surface area contributed by atoms with Crippen molar-refractivity contribution in [2.24, 2.45) is 0 Å². The Balaban J connectivity index is 0.000000153. The zero-order valence-electron chi connectivity index (χ0n) is 62.4. The summed E-state index contributed by atoms with van der Waals surface area (Å²) in [7, 11) is 8.64. The van der Waals surface area contributed by atoms with Gasteiger partial charge in [0.15, 0.2) is 0 Å². The number of methoxy groups -OCH3 is 4. The zero-order valence-corrected chi connectivity index (χ0v) is 70.3. The summed E-state index contributed by atoms with van der Waals surface area (Å²) in [5, 5.41) is 25.4. The third-order valence-electron chi connectivity index (χ3n) is 17.2. The molecule has 0 fully saturated rings. The van der Waals surface area contributed by atoms with E-state index in [9.17, 15) is 23.5 Å². The van der Waals surface area contributed by atoms with E-state index in [4.69, 9.17) is 43.4 Å². The van der Waals surface area contributed by atoms with Gasteiger partial charge in [0.05, 0.1) is 116 Å². The minimum Gasteiger partial charge on any atom is -0.508 e. The predicted molar refractivity (Wildman–Crippen MR) is 433 cm³/mol. The minimum absolute atomic E-state index is 0.209. The van der Waals surface area contributed by atoms with Gasteiger partial charge in [-0.2, -0.15) is 15.3 Å². The standard InChI is InChI=1S/C24H25BrFN3O3.C24H24FN3O2.C18H22BrN3O3.C8H8Br2O.C8H9BrO/c1-24(2,3)32-23(30)28-13-19-21(14-28)27-29(22(19)18-7-5-6-8-20(18)26)12-15-9-16(25)11-17(10-15)31-4;1-27-13-21-23(14-27)26-28(24(21)20-6-2-3-7-22(20)25)12-16-9-18(11-19(29)10-16)17-5-4-8-30-15-17;1-18(2,3)25-17(23)21-9-13-10-22(20-16(13)11-21)8-12-5-14(19)7-15(6-12)24-4;1-11-8-3-6(5-9)2-7(10)4-8;1-6-3-7(9)5-8(4-6)10-2/h5-11H,12-14H2,1-4H3;2-3,5-7,9-11,29H,4,8,12-15H2,1H3;5-7,10H,8-9,11H2,1-4H3;2-4H,5H2,1H3;3-5H,1-2H3. The van der Waals surface area contributed by atoms with Crippen LogP contribution < -0.4 is 18.9 Å². The molecule has 0 saturated heterocycles. The van der Waals surface area contributed by atoms with Crippen molar-refractivity contribution in [3.8, 4) is 51.3 Å². The third kappa shape index (κ3) is 22.4. The van der Waals surface area contributed by atoms with Crippen LogP contribution in [0.2, 0.25) is 0 Å². The first-order valence-corrected chi connectivity index (χ1v) is 39.1. The summed E-state index contributed by atoms with van der Waals surface area (Å²) >= 11 is 17.1. The van der Waals surface area contributed by atoms with Crippen LogP contribution in [0, 0.1) is 18.6 Å². The first-order valence-electron chi connectivity index (χ1n) is 34.8. The number of carbonyl (C=O) groups excluding carboxylic acids is 2. The molecular formula is C82H88Br5F2N9O10. The summed E-state index contributed by atoms with van der Waals surface area (Å²) < 4.78 is 76.4. The highest BCUT2D eigenvalue weighted by molar-refractivity contribution is 9.11. The van der Waals surface area contributed by atoms with Crippen molar-refractivity contribution >= 4 is 97.4 Å². The van der Waals surface area contributed by atoms with Gasteiger partial charge in [0.1, 0.15) is 51.6 Å². The Hall–Kier alpha value is -8.37. The summed E-state index contributed by atoms with van der Waals surface area (Å²) in [5.74, 6) is 2.93. The van der Waals surface area contributed by atoms with Gasteiger partial charge in [0.2, 0.25) is 0 Å². The monoisotopic (exact) mass is 1790 g/mol. The fourth-order valence-electron chi connectivity index (χ4n) is 12.6. The molecule has 7 aromatic carbocycles. The third-order valence-corrected chi connectivity index (χ3v) is 19.6. The number of amides is 2. The number of phenolic OH excluding ortho intramolecular Hbond substituents is 1. The lowest BCUT2D eigenvalue weighted by atomic mass is 10.0. The fourth-order valence-corrected chi connectivity index (χ4v) is 15.0. The number of aromatic hydroxyl groups is 1. The van der Waals surface area contributed by atoms with Gasteiger partial charge in [0.25, 0.3) is 0 Å². The van der Waals surface area contributed by atoms with Gasteiger partial charge >= 0.3 is 12.2 Å². The number of aryl methyl sites for hydroxylation is 1. The van der Waals surface area contributed by atoms with E-state index in [1.807, 2.05) is 144 Å². The summed E-state index contributed by atoms with van der Waals surface area (Å²) in [6.45, 7) is 19.1. The Kier molecular flexibility index (Phi) is 28.1. The average molecular weight is 1800 g/mol. The van der Waals surface area contributed by atoms with Crippen LogP contribution in [0.3, 0.4) is 0 Å². The second-order valence-corrected chi connectivity index (χ2v) is 32.4. The number of alkyl halides is 1. The average Bonchev–Trinajstić information content (AvgIpc) is 1.63. The Morgan fingerprint density at radius 2 is 1.00 bits per heavy atom. The second-order valence-electron chi connectivity index (χ2n) is 28.2. The van der Waals surface area contributed by atoms with Gasteiger partial charge in [-0.3, -0.25) is 28.7 Å². The number of halogens is 7. The highest BCUT2D eigenvalue weighted by atomic mass is 79.9. The molecule has 1 N–H and O–H groups in total. The zero-order chi connectivity index (χ0) is 77.7. The van der Waals surface area contributed by atoms with E-state index in [0.717, 1.165) is 140 Å². The number of fused-ring (bicyclic) bond motifs is 3. The first kappa shape index (κ1) is 82.1. The first-order chi connectivity index (χ1) is 51.4. The van der Waals surface area contributed by atoms with E-state index in [2.05, 4.69) is 108 Å². The van der Waals surface area contributed by atoms with Crippen LogP contribution in [0.15, 0.2) is 170 Å². The van der Waals surface area contributed by atoms with Crippen LogP contribution in [0.25, 0.3) is 28.1 Å². The molecule has 14 rings (SSSR count). The summed E-state index contributed by atoms with van der Waals surface area (Å²) in [6.07, 6.45) is 4.32. The maximum atomic E-state index is 14.8. The maximum Gasteiger partial charge on any atom is 0.410 e. The van der Waals surface area contributed by atoms with Gasteiger partial charge < -0.3 is 38.3 Å². The molecule has 4 aliphatic rings. The van der Waals surface area contributed by atoms with Crippen molar-refractivity contribution in [3.05, 3.63) is 248 Å². The van der Waals surface area contributed by atoms with E-state index in [1.54, 1.807) is 85.4 Å². The smallest absolute Gasteiger partial charge is 0.410 e. The van der Waals surface area contributed by atoms with E-state index < -0.39 is 17.3 Å². The number of carbonyl (C=O) groups is 2. The molecule has 0 saturated carbocycles. The van der Waals surface area contributed by atoms with Gasteiger partial charge in [-0.05, 0) is 216 Å². The minimum atomic E-state index is -0.592. The number of hydrogen-bond donors (Lipinski definition) is 1. The van der Waals surface area contributed by atoms with Crippen LogP contribution in [0.5, 0.6) is 28.7 Å². The van der Waals surface area contributed by atoms with Crippen molar-refractivity contribution in [1.29, 1.82) is 0 Å². The molecule has 0 unspecified atom stereocenters. The van der Waals surface area contributed by atoms with Crippen LogP contribution in [-0.4, -0.2) is 121 Å². The number of phenols is 1. The summed E-state index contributed by atoms with van der Waals surface area (Å²) in [4.78, 5) is 30.2. The second kappa shape index (κ2) is 36.9. The maximum absolute atomic E-state index is 14.8. The Morgan fingerprint density at radius 1 is 0.537 bits per heavy atom. The highest BCUT2D eigenvalue weighted by Gasteiger charge is 2.35. The molecule has 108 heavy (non-hydrogen) atoms. The molecule has 0 radical (unpaired) electrons. The normalized spacial score (nSPS) is 13.6. The Bertz CT molecular complexity index is 4810. The molecule has 3 aromatic heterocycles. The van der Waals surface area contributed by atoms with Crippen LogP contribution in [0.1, 0.15) is 115 Å². The van der Waals surface area contributed by atoms with Crippen molar-refractivity contribution in [3.63, 3.8) is 0 Å². The lowest BCUT2D eigenvalue weighted by molar-refractivity contribution is 0.0229. The van der Waals surface area contributed by atoms with Gasteiger partial charge in [0, 0.05) is 70.3 Å². The molecule has 0 atom stereocenters. The van der Waals surface area contributed by atoms with Crippen molar-refractivity contribution in [2.75, 3.05) is 48.7 Å². The topological polar surface area (TPSA) is 182 Å². The molecule has 0 bridgehead atoms. The fraction of sp³-hybridized carbons (Fsp3) is 0.329. The van der Waals surface area contributed by atoms with Crippen LogP contribution in [-0.2, 0) is 78.4 Å². The predicted octanol–water partition coefficient (Wildman–Crippen LogP) is 20.0. The van der Waals surface area contributed by atoms with Crippen molar-refractivity contribution < 1.29 is 56.6 Å². The quantitative estimate of drug-likeness (QED) is 0.102. The molecule has 4 aliphatic heterocycles. The molecular weight excluding hydrogens is 1710 g/mol. The number of aromatic nitrogens is 6. The molecule has 570 valence electrons. The molecule has 0 spiro atoms. The van der Waals surface area contributed by atoms with E-state index in [-0.39, 0.29) is 23.5 Å². The van der Waals surface area contributed by atoms with E-state index >= 15 is 0 Å². The number of ether oxygens (including phenoxy) is 7. The lowest BCUT2D eigenvalue weighted by Gasteiger charge is -2.24. The van der Waals surface area contributed by atoms with E-state index in [0.29, 0.717) is 69.2 Å². The molecule has 19 nitrogen and oxygen atoms in total. The van der Waals surface area contributed by atoms with Crippen LogP contribution in [0.4, 0.5) is 18.4 Å². The molecule has 2 amide bonds. The van der Waals surface area contributed by atoms with E-state index in [1.165, 1.54) is 23.3 Å². The molecule has 10 aromatic rings.